The van der Waals surface area contributed by atoms with Crippen LogP contribution in [0.5, 0.6) is 0 Å². The molecule has 0 radical (unpaired) electrons. The van der Waals surface area contributed by atoms with Gasteiger partial charge in [-0.2, -0.15) is 5.10 Å². The Morgan fingerprint density at radius 2 is 2.18 bits per heavy atom. The van der Waals surface area contributed by atoms with Crippen LogP contribution in [-0.4, -0.2) is 32.9 Å². The molecule has 2 N–H and O–H groups in total. The van der Waals surface area contributed by atoms with Crippen molar-refractivity contribution in [1.82, 2.24) is 15.1 Å². The van der Waals surface area contributed by atoms with Crippen LogP contribution in [-0.2, 0) is 0 Å². The van der Waals surface area contributed by atoms with Gasteiger partial charge in [-0.3, -0.25) is 4.79 Å². The molecular weight excluding hydrogens is 302 g/mol. The van der Waals surface area contributed by atoms with Crippen molar-refractivity contribution in [3.8, 4) is 5.69 Å². The number of hydrogen-bond acceptors (Lipinski definition) is 3. The van der Waals surface area contributed by atoms with Gasteiger partial charge in [-0.05, 0) is 31.0 Å². The summed E-state index contributed by atoms with van der Waals surface area (Å²) in [6.45, 7) is 0.286. The lowest BCUT2D eigenvalue weighted by Gasteiger charge is -2.22. The van der Waals surface area contributed by atoms with E-state index in [4.69, 9.17) is 11.6 Å². The van der Waals surface area contributed by atoms with Crippen LogP contribution in [0.25, 0.3) is 5.69 Å². The first kappa shape index (κ1) is 15.1. The number of carbonyl (C=O) groups is 1. The molecule has 1 aromatic heterocycles. The lowest BCUT2D eigenvalue weighted by molar-refractivity contribution is 0.0449. The van der Waals surface area contributed by atoms with Crippen molar-refractivity contribution in [2.24, 2.45) is 0 Å². The Morgan fingerprint density at radius 1 is 1.41 bits per heavy atom. The van der Waals surface area contributed by atoms with E-state index in [0.717, 1.165) is 31.4 Å². The third-order valence-electron chi connectivity index (χ3n) is 4.03. The minimum atomic E-state index is -0.751. The average molecular weight is 320 g/mol. The Morgan fingerprint density at radius 3 is 2.91 bits per heavy atom. The highest BCUT2D eigenvalue weighted by Crippen LogP contribution is 2.28. The summed E-state index contributed by atoms with van der Waals surface area (Å²) in [6.07, 6.45) is 6.68. The van der Waals surface area contributed by atoms with E-state index in [2.05, 4.69) is 10.4 Å². The number of aromatic nitrogens is 2. The van der Waals surface area contributed by atoms with Gasteiger partial charge in [0.15, 0.2) is 0 Å². The van der Waals surface area contributed by atoms with Crippen LogP contribution < -0.4 is 5.32 Å². The van der Waals surface area contributed by atoms with Crippen molar-refractivity contribution in [3.63, 3.8) is 0 Å². The third-order valence-corrected chi connectivity index (χ3v) is 4.26. The smallest absolute Gasteiger partial charge is 0.254 e. The van der Waals surface area contributed by atoms with Crippen molar-refractivity contribution >= 4 is 17.5 Å². The molecule has 1 fully saturated rings. The molecule has 5 nitrogen and oxygen atoms in total. The van der Waals surface area contributed by atoms with Crippen LogP contribution in [0.4, 0.5) is 0 Å². The fraction of sp³-hybridized carbons (Fsp3) is 0.375. The normalized spacial score (nSPS) is 16.6. The second-order valence-corrected chi connectivity index (χ2v) is 6.20. The van der Waals surface area contributed by atoms with Gasteiger partial charge in [0.1, 0.15) is 0 Å². The monoisotopic (exact) mass is 319 g/mol. The number of nitrogens with zero attached hydrogens (tertiary/aromatic N) is 2. The molecule has 1 aliphatic carbocycles. The molecule has 0 unspecified atom stereocenters. The molecule has 1 heterocycles. The summed E-state index contributed by atoms with van der Waals surface area (Å²) in [4.78, 5) is 12.2. The maximum Gasteiger partial charge on any atom is 0.254 e. The molecule has 1 aliphatic rings. The lowest BCUT2D eigenvalue weighted by atomic mass is 10.0. The van der Waals surface area contributed by atoms with Gasteiger partial charge in [-0.25, -0.2) is 4.68 Å². The number of aliphatic hydroxyl groups is 1. The molecule has 0 atom stereocenters. The minimum absolute atomic E-state index is 0.228. The van der Waals surface area contributed by atoms with E-state index in [9.17, 15) is 9.90 Å². The highest BCUT2D eigenvalue weighted by Gasteiger charge is 2.31. The van der Waals surface area contributed by atoms with E-state index >= 15 is 0 Å². The van der Waals surface area contributed by atoms with Gasteiger partial charge in [-0.1, -0.05) is 30.5 Å². The number of halogens is 1. The molecule has 3 rings (SSSR count). The summed E-state index contributed by atoms with van der Waals surface area (Å²) in [6, 6.07) is 7.25. The zero-order chi connectivity index (χ0) is 15.6. The molecule has 116 valence electrons. The molecule has 1 amide bonds. The fourth-order valence-corrected chi connectivity index (χ4v) is 2.94. The Hall–Kier alpha value is -1.85. The van der Waals surface area contributed by atoms with Gasteiger partial charge in [-0.15, -0.1) is 0 Å². The van der Waals surface area contributed by atoms with Crippen molar-refractivity contribution in [2.45, 2.75) is 31.3 Å². The molecule has 0 aliphatic heterocycles. The zero-order valence-corrected chi connectivity index (χ0v) is 12.9. The maximum absolute atomic E-state index is 12.2. The van der Waals surface area contributed by atoms with Crippen LogP contribution in [0.15, 0.2) is 36.7 Å². The average Bonchev–Trinajstić information content (AvgIpc) is 3.15. The molecule has 0 bridgehead atoms. The summed E-state index contributed by atoms with van der Waals surface area (Å²) in [5.41, 5.74) is 0.501. The van der Waals surface area contributed by atoms with Crippen LogP contribution in [0.2, 0.25) is 5.02 Å². The maximum atomic E-state index is 12.2. The minimum Gasteiger partial charge on any atom is -0.388 e. The Bertz CT molecular complexity index is 678. The van der Waals surface area contributed by atoms with Gasteiger partial charge < -0.3 is 10.4 Å². The number of benzene rings is 1. The standard InChI is InChI=1S/C16H18ClN3O2/c17-13-4-3-5-14(8-13)20-10-12(9-19-20)15(21)18-11-16(22)6-1-2-7-16/h3-5,8-10,22H,1-2,6-7,11H2,(H,18,21). The van der Waals surface area contributed by atoms with Crippen molar-refractivity contribution in [3.05, 3.63) is 47.2 Å². The quantitative estimate of drug-likeness (QED) is 0.910. The molecule has 1 saturated carbocycles. The molecule has 1 aromatic carbocycles. The number of carbonyl (C=O) groups excluding carboxylic acids is 1. The topological polar surface area (TPSA) is 67.2 Å². The SMILES string of the molecule is O=C(NCC1(O)CCCC1)c1cnn(-c2cccc(Cl)c2)c1. The van der Waals surface area contributed by atoms with Crippen LogP contribution in [0.3, 0.4) is 0 Å². The van der Waals surface area contributed by atoms with Gasteiger partial charge in [0.2, 0.25) is 0 Å². The third kappa shape index (κ3) is 3.31. The number of rotatable bonds is 4. The predicted molar refractivity (Wildman–Crippen MR) is 84.3 cm³/mol. The second kappa shape index (κ2) is 6.10. The first-order chi connectivity index (χ1) is 10.6. The number of hydrogen-bond donors (Lipinski definition) is 2. The molecule has 22 heavy (non-hydrogen) atoms. The summed E-state index contributed by atoms with van der Waals surface area (Å²) < 4.78 is 1.60. The molecule has 0 saturated heterocycles. The molecule has 6 heteroatoms. The van der Waals surface area contributed by atoms with Gasteiger partial charge >= 0.3 is 0 Å². The van der Waals surface area contributed by atoms with Crippen molar-refractivity contribution in [2.75, 3.05) is 6.54 Å². The number of nitrogens with one attached hydrogen (secondary N) is 1. The summed E-state index contributed by atoms with van der Waals surface area (Å²) >= 11 is 5.95. The van der Waals surface area contributed by atoms with E-state index in [1.54, 1.807) is 23.0 Å². The van der Waals surface area contributed by atoms with Gasteiger partial charge in [0.25, 0.3) is 5.91 Å². The molecule has 2 aromatic rings. The lowest BCUT2D eigenvalue weighted by Crippen LogP contribution is -2.40. The van der Waals surface area contributed by atoms with E-state index in [0.29, 0.717) is 10.6 Å². The van der Waals surface area contributed by atoms with E-state index < -0.39 is 5.60 Å². The zero-order valence-electron chi connectivity index (χ0n) is 12.1. The fourth-order valence-electron chi connectivity index (χ4n) is 2.76. The summed E-state index contributed by atoms with van der Waals surface area (Å²) in [5, 5.41) is 17.8. The second-order valence-electron chi connectivity index (χ2n) is 5.77. The Kier molecular flexibility index (Phi) is 4.18. The molecular formula is C16H18ClN3O2. The highest BCUT2D eigenvalue weighted by atomic mass is 35.5. The highest BCUT2D eigenvalue weighted by molar-refractivity contribution is 6.30. The van der Waals surface area contributed by atoms with E-state index in [1.807, 2.05) is 12.1 Å². The van der Waals surface area contributed by atoms with Crippen LogP contribution >= 0.6 is 11.6 Å². The first-order valence-electron chi connectivity index (χ1n) is 7.37. The predicted octanol–water partition coefficient (Wildman–Crippen LogP) is 2.56. The molecule has 0 spiro atoms. The Labute approximate surface area is 133 Å². The van der Waals surface area contributed by atoms with Crippen LogP contribution in [0.1, 0.15) is 36.0 Å². The summed E-state index contributed by atoms with van der Waals surface area (Å²) in [7, 11) is 0. The Balaban J connectivity index is 1.67. The summed E-state index contributed by atoms with van der Waals surface area (Å²) in [5.74, 6) is -0.228. The van der Waals surface area contributed by atoms with Gasteiger partial charge in [0, 0.05) is 17.8 Å². The van der Waals surface area contributed by atoms with Crippen molar-refractivity contribution in [1.29, 1.82) is 0 Å². The van der Waals surface area contributed by atoms with Crippen LogP contribution in [0, 0.1) is 0 Å². The van der Waals surface area contributed by atoms with E-state index in [-0.39, 0.29) is 12.5 Å². The van der Waals surface area contributed by atoms with Crippen molar-refractivity contribution < 1.29 is 9.90 Å². The van der Waals surface area contributed by atoms with Gasteiger partial charge in [0.05, 0.1) is 23.0 Å². The van der Waals surface area contributed by atoms with E-state index in [1.165, 1.54) is 6.20 Å². The first-order valence-corrected chi connectivity index (χ1v) is 7.75. The largest absolute Gasteiger partial charge is 0.388 e. The number of amides is 1.